The van der Waals surface area contributed by atoms with Crippen LogP contribution in [0.1, 0.15) is 37.2 Å². The summed E-state index contributed by atoms with van der Waals surface area (Å²) in [5, 5.41) is 6.14. The molecule has 30 heavy (non-hydrogen) atoms. The van der Waals surface area contributed by atoms with Gasteiger partial charge in [-0.25, -0.2) is 4.39 Å². The van der Waals surface area contributed by atoms with Gasteiger partial charge in [0.2, 0.25) is 11.8 Å². The van der Waals surface area contributed by atoms with E-state index < -0.39 is 5.92 Å². The molecule has 2 N–H and O–H groups in total. The molecular weight excluding hydrogens is 407 g/mol. The van der Waals surface area contributed by atoms with Crippen LogP contribution in [0.2, 0.25) is 5.02 Å². The topological polar surface area (TPSA) is 75.3 Å². The third kappa shape index (κ3) is 4.44. The van der Waals surface area contributed by atoms with Gasteiger partial charge in [0, 0.05) is 34.8 Å². The van der Waals surface area contributed by atoms with Crippen LogP contribution < -0.4 is 10.6 Å². The minimum Gasteiger partial charge on any atom is -0.329 e. The number of benzene rings is 2. The van der Waals surface area contributed by atoms with Gasteiger partial charge in [-0.3, -0.25) is 14.4 Å². The van der Waals surface area contributed by atoms with Crippen molar-refractivity contribution in [2.24, 2.45) is 5.92 Å². The molecule has 2 aliphatic rings. The highest BCUT2D eigenvalue weighted by atomic mass is 35.5. The first-order chi connectivity index (χ1) is 14.4. The third-order valence-electron chi connectivity index (χ3n) is 5.58. The van der Waals surface area contributed by atoms with Crippen LogP contribution >= 0.6 is 11.6 Å². The first-order valence-corrected chi connectivity index (χ1v) is 10.1. The monoisotopic (exact) mass is 426 g/mol. The van der Waals surface area contributed by atoms with Crippen molar-refractivity contribution in [1.29, 1.82) is 0 Å². The van der Waals surface area contributed by atoms with Crippen molar-refractivity contribution in [3.05, 3.63) is 76.2 Å². The molecular formula is C23H20ClFN2O3. The number of allylic oxidation sites excluding steroid dienone is 2. The minimum atomic E-state index is -0.595. The van der Waals surface area contributed by atoms with E-state index in [2.05, 4.69) is 10.6 Å². The zero-order valence-electron chi connectivity index (χ0n) is 16.1. The second-order valence-electron chi connectivity index (χ2n) is 7.69. The Bertz CT molecular complexity index is 1030. The first kappa shape index (κ1) is 20.3. The number of carbonyl (C=O) groups is 3. The van der Waals surface area contributed by atoms with Crippen LogP contribution in [0.5, 0.6) is 0 Å². The predicted molar refractivity (Wildman–Crippen MR) is 111 cm³/mol. The molecule has 0 radical (unpaired) electrons. The second kappa shape index (κ2) is 8.40. The van der Waals surface area contributed by atoms with Gasteiger partial charge in [-0.2, -0.15) is 0 Å². The second-order valence-corrected chi connectivity index (χ2v) is 8.12. The Hall–Kier alpha value is -2.99. The number of hydrogen-bond acceptors (Lipinski definition) is 3. The molecule has 5 nitrogen and oxygen atoms in total. The molecule has 154 valence electrons. The van der Waals surface area contributed by atoms with Gasteiger partial charge >= 0.3 is 0 Å². The molecule has 0 spiro atoms. The molecule has 2 unspecified atom stereocenters. The van der Waals surface area contributed by atoms with Gasteiger partial charge in [0.25, 0.3) is 0 Å². The van der Waals surface area contributed by atoms with Gasteiger partial charge in [0.05, 0.1) is 5.92 Å². The van der Waals surface area contributed by atoms with Crippen LogP contribution in [0, 0.1) is 11.7 Å². The molecule has 0 saturated heterocycles. The maximum atomic E-state index is 13.2. The highest BCUT2D eigenvalue weighted by Gasteiger charge is 2.37. The Labute approximate surface area is 178 Å². The molecule has 2 aromatic carbocycles. The summed E-state index contributed by atoms with van der Waals surface area (Å²) >= 11 is 5.84. The normalized spacial score (nSPS) is 21.1. The number of halogens is 2. The summed E-state index contributed by atoms with van der Waals surface area (Å²) < 4.78 is 13.2. The Morgan fingerprint density at radius 1 is 1.03 bits per heavy atom. The van der Waals surface area contributed by atoms with Crippen LogP contribution in [-0.4, -0.2) is 17.6 Å². The average Bonchev–Trinajstić information content (AvgIpc) is 2.71. The van der Waals surface area contributed by atoms with E-state index in [4.69, 9.17) is 11.6 Å². The molecule has 2 atom stereocenters. The number of carbonyl (C=O) groups excluding carboxylic acids is 3. The van der Waals surface area contributed by atoms with E-state index in [0.717, 1.165) is 5.56 Å². The van der Waals surface area contributed by atoms with Crippen molar-refractivity contribution in [2.45, 2.75) is 31.6 Å². The number of nitrogens with one attached hydrogen (secondary N) is 2. The summed E-state index contributed by atoms with van der Waals surface area (Å²) in [5.74, 6) is -1.61. The largest absolute Gasteiger partial charge is 0.329 e. The fourth-order valence-corrected chi connectivity index (χ4v) is 4.14. The predicted octanol–water partition coefficient (Wildman–Crippen LogP) is 4.34. The van der Waals surface area contributed by atoms with Crippen LogP contribution in [0.25, 0.3) is 0 Å². The highest BCUT2D eigenvalue weighted by Crippen LogP contribution is 2.38. The number of anilines is 1. The van der Waals surface area contributed by atoms with Gasteiger partial charge in [-0.15, -0.1) is 0 Å². The minimum absolute atomic E-state index is 0.0140. The van der Waals surface area contributed by atoms with Crippen LogP contribution in [0.3, 0.4) is 0 Å². The van der Waals surface area contributed by atoms with Crippen LogP contribution in [-0.2, 0) is 14.4 Å². The summed E-state index contributed by atoms with van der Waals surface area (Å²) in [5.41, 5.74) is 2.68. The lowest BCUT2D eigenvalue weighted by molar-refractivity contribution is -0.129. The van der Waals surface area contributed by atoms with Gasteiger partial charge < -0.3 is 10.6 Å². The third-order valence-corrected chi connectivity index (χ3v) is 5.83. The Morgan fingerprint density at radius 2 is 1.73 bits per heavy atom. The number of ketones is 1. The van der Waals surface area contributed by atoms with E-state index in [0.29, 0.717) is 34.8 Å². The first-order valence-electron chi connectivity index (χ1n) is 9.76. The van der Waals surface area contributed by atoms with Crippen molar-refractivity contribution in [2.75, 3.05) is 5.32 Å². The van der Waals surface area contributed by atoms with Gasteiger partial charge in [0.1, 0.15) is 5.82 Å². The highest BCUT2D eigenvalue weighted by molar-refractivity contribution is 6.30. The van der Waals surface area contributed by atoms with E-state index >= 15 is 0 Å². The van der Waals surface area contributed by atoms with Gasteiger partial charge in [-0.1, -0.05) is 23.7 Å². The Kier molecular flexibility index (Phi) is 5.68. The Morgan fingerprint density at radius 3 is 2.43 bits per heavy atom. The molecule has 2 amide bonds. The van der Waals surface area contributed by atoms with Crippen LogP contribution in [0.4, 0.5) is 10.1 Å². The van der Waals surface area contributed by atoms with Crippen molar-refractivity contribution in [3.8, 4) is 0 Å². The summed E-state index contributed by atoms with van der Waals surface area (Å²) in [7, 11) is 0. The Balaban J connectivity index is 1.43. The molecule has 1 heterocycles. The fraction of sp³-hybridized carbons (Fsp3) is 0.261. The average molecular weight is 427 g/mol. The van der Waals surface area contributed by atoms with Crippen molar-refractivity contribution < 1.29 is 18.8 Å². The quantitative estimate of drug-likeness (QED) is 0.763. The summed E-state index contributed by atoms with van der Waals surface area (Å²) in [6.45, 7) is 0. The number of hydrogen-bond donors (Lipinski definition) is 2. The molecule has 7 heteroatoms. The van der Waals surface area contributed by atoms with E-state index in [1.165, 1.54) is 12.1 Å². The zero-order valence-corrected chi connectivity index (χ0v) is 16.8. The van der Waals surface area contributed by atoms with E-state index in [1.807, 2.05) is 0 Å². The standard InChI is InChI=1S/C23H20ClFN2O3/c24-16-3-7-18(8-4-16)26-22(29)12-15-9-19-20(27-23(15)30)10-14(11-21(19)28)13-1-5-17(25)6-2-13/h1-8,14-15H,9-12H2,(H,26,29)(H,27,30). The van der Waals surface area contributed by atoms with Crippen molar-refractivity contribution in [1.82, 2.24) is 5.32 Å². The number of amides is 2. The van der Waals surface area contributed by atoms with Gasteiger partial charge in [-0.05, 0) is 60.7 Å². The van der Waals surface area contributed by atoms with Gasteiger partial charge in [0.15, 0.2) is 5.78 Å². The summed E-state index contributed by atoms with van der Waals surface area (Å²) in [4.78, 5) is 37.7. The fourth-order valence-electron chi connectivity index (χ4n) is 4.01. The zero-order chi connectivity index (χ0) is 21.3. The lowest BCUT2D eigenvalue weighted by atomic mass is 9.77. The van der Waals surface area contributed by atoms with Crippen molar-refractivity contribution >= 4 is 34.9 Å². The molecule has 0 fully saturated rings. The smallest absolute Gasteiger partial charge is 0.228 e. The molecule has 4 rings (SSSR count). The summed E-state index contributed by atoms with van der Waals surface area (Å²) in [6.07, 6.45) is 1.07. The van der Waals surface area contributed by atoms with E-state index in [9.17, 15) is 18.8 Å². The lowest BCUT2D eigenvalue weighted by Crippen LogP contribution is -2.41. The number of rotatable bonds is 4. The van der Waals surface area contributed by atoms with E-state index in [-0.39, 0.29) is 42.2 Å². The maximum absolute atomic E-state index is 13.2. The molecule has 0 saturated carbocycles. The lowest BCUT2D eigenvalue weighted by Gasteiger charge is -2.33. The molecule has 2 aromatic rings. The van der Waals surface area contributed by atoms with Crippen LogP contribution in [0.15, 0.2) is 59.8 Å². The van der Waals surface area contributed by atoms with E-state index in [1.54, 1.807) is 36.4 Å². The number of Topliss-reactive ketones (excluding diaryl/α,β-unsaturated/α-hetero) is 1. The molecule has 1 aliphatic carbocycles. The summed E-state index contributed by atoms with van der Waals surface area (Å²) in [6, 6.07) is 12.8. The molecule has 0 bridgehead atoms. The molecule has 1 aliphatic heterocycles. The maximum Gasteiger partial charge on any atom is 0.228 e. The SMILES string of the molecule is O=C(CC1CC2=C(CC(c3ccc(F)cc3)CC2=O)NC1=O)Nc1ccc(Cl)cc1. The van der Waals surface area contributed by atoms with Crippen molar-refractivity contribution in [3.63, 3.8) is 0 Å². The molecule has 0 aromatic heterocycles.